The van der Waals surface area contributed by atoms with Crippen LogP contribution in [-0.2, 0) is 0 Å². The molecule has 1 N–H and O–H groups in total. The molecular weight excluding hydrogens is 208 g/mol. The average molecular weight is 236 g/mol. The van der Waals surface area contributed by atoms with Gasteiger partial charge in [-0.15, -0.1) is 0 Å². The number of hydrogen-bond donors (Lipinski definition) is 1. The van der Waals surface area contributed by atoms with Crippen molar-refractivity contribution in [2.75, 3.05) is 26.2 Å². The van der Waals surface area contributed by atoms with Gasteiger partial charge in [0.2, 0.25) is 0 Å². The summed E-state index contributed by atoms with van der Waals surface area (Å²) in [7, 11) is 0. The van der Waals surface area contributed by atoms with E-state index in [0.29, 0.717) is 0 Å². The molecule has 0 bridgehead atoms. The second kappa shape index (κ2) is 5.27. The molecule has 0 amide bonds. The third-order valence-electron chi connectivity index (χ3n) is 5.30. The molecule has 0 radical (unpaired) electrons. The molecular formula is C15H28N2. The first-order chi connectivity index (χ1) is 8.38. The van der Waals surface area contributed by atoms with Crippen molar-refractivity contribution >= 4 is 0 Å². The largest absolute Gasteiger partial charge is 0.317 e. The number of nitrogens with one attached hydrogen (secondary N) is 1. The van der Waals surface area contributed by atoms with Crippen LogP contribution in [0, 0.1) is 5.41 Å². The molecule has 3 fully saturated rings. The minimum Gasteiger partial charge on any atom is -0.317 e. The molecule has 17 heavy (non-hydrogen) atoms. The Hall–Kier alpha value is -0.0800. The van der Waals surface area contributed by atoms with Crippen molar-refractivity contribution in [2.24, 2.45) is 5.41 Å². The molecule has 0 aromatic rings. The summed E-state index contributed by atoms with van der Waals surface area (Å²) in [4.78, 5) is 2.80. The van der Waals surface area contributed by atoms with Crippen molar-refractivity contribution < 1.29 is 0 Å². The van der Waals surface area contributed by atoms with E-state index in [2.05, 4.69) is 10.2 Å². The summed E-state index contributed by atoms with van der Waals surface area (Å²) in [6.45, 7) is 5.35. The predicted octanol–water partition coefficient (Wildman–Crippen LogP) is 2.78. The minimum absolute atomic E-state index is 0.760. The van der Waals surface area contributed by atoms with Gasteiger partial charge in [0, 0.05) is 19.1 Å². The first-order valence-corrected chi connectivity index (χ1v) is 7.83. The van der Waals surface area contributed by atoms with Gasteiger partial charge >= 0.3 is 0 Å². The van der Waals surface area contributed by atoms with Crippen molar-refractivity contribution in [2.45, 2.75) is 63.8 Å². The van der Waals surface area contributed by atoms with Gasteiger partial charge in [-0.1, -0.05) is 25.7 Å². The average Bonchev–Trinajstić information content (AvgIpc) is 2.69. The van der Waals surface area contributed by atoms with Crippen LogP contribution < -0.4 is 5.32 Å². The van der Waals surface area contributed by atoms with Gasteiger partial charge < -0.3 is 5.32 Å². The Morgan fingerprint density at radius 2 is 1.59 bits per heavy atom. The molecule has 2 saturated heterocycles. The molecule has 2 heterocycles. The maximum absolute atomic E-state index is 3.53. The summed E-state index contributed by atoms with van der Waals surface area (Å²) in [6, 6.07) is 0.902. The van der Waals surface area contributed by atoms with Crippen molar-refractivity contribution in [3.63, 3.8) is 0 Å². The van der Waals surface area contributed by atoms with Crippen LogP contribution in [0.1, 0.15) is 57.8 Å². The molecule has 0 aromatic carbocycles. The van der Waals surface area contributed by atoms with Gasteiger partial charge in [0.05, 0.1) is 0 Å². The number of rotatable bonds is 1. The highest BCUT2D eigenvalue weighted by Gasteiger charge is 2.44. The van der Waals surface area contributed by atoms with Gasteiger partial charge in [-0.05, 0) is 50.6 Å². The fraction of sp³-hybridized carbons (Fsp3) is 1.00. The second-order valence-electron chi connectivity index (χ2n) is 6.65. The smallest absolute Gasteiger partial charge is 0.0108 e. The molecule has 2 heteroatoms. The predicted molar refractivity (Wildman–Crippen MR) is 72.2 cm³/mol. The lowest BCUT2D eigenvalue weighted by atomic mass is 9.72. The number of likely N-dealkylation sites (tertiary alicyclic amines) is 1. The summed E-state index contributed by atoms with van der Waals surface area (Å²) in [5, 5.41) is 3.53. The van der Waals surface area contributed by atoms with Gasteiger partial charge in [0.1, 0.15) is 0 Å². The van der Waals surface area contributed by atoms with Crippen LogP contribution in [0.3, 0.4) is 0 Å². The Kier molecular flexibility index (Phi) is 3.72. The summed E-state index contributed by atoms with van der Waals surface area (Å²) in [5.74, 6) is 0. The molecule has 3 rings (SSSR count). The van der Waals surface area contributed by atoms with Gasteiger partial charge in [0.25, 0.3) is 0 Å². The summed E-state index contributed by atoms with van der Waals surface area (Å²) < 4.78 is 0. The normalized spacial score (nSPS) is 34.9. The molecule has 1 unspecified atom stereocenters. The molecule has 2 nitrogen and oxygen atoms in total. The van der Waals surface area contributed by atoms with Gasteiger partial charge in [-0.25, -0.2) is 0 Å². The van der Waals surface area contributed by atoms with Crippen LogP contribution in [0.5, 0.6) is 0 Å². The van der Waals surface area contributed by atoms with E-state index in [-0.39, 0.29) is 0 Å². The van der Waals surface area contributed by atoms with Crippen LogP contribution in [0.4, 0.5) is 0 Å². The highest BCUT2D eigenvalue weighted by atomic mass is 15.2. The van der Waals surface area contributed by atoms with Gasteiger partial charge in [-0.2, -0.15) is 0 Å². The highest BCUT2D eigenvalue weighted by Crippen LogP contribution is 2.44. The zero-order valence-electron chi connectivity index (χ0n) is 11.2. The quantitative estimate of drug-likeness (QED) is 0.753. The zero-order chi connectivity index (χ0) is 11.6. The third kappa shape index (κ3) is 2.68. The molecule has 1 spiro atoms. The Balaban J connectivity index is 1.51. The Morgan fingerprint density at radius 3 is 2.35 bits per heavy atom. The van der Waals surface area contributed by atoms with Gasteiger partial charge in [-0.3, -0.25) is 4.90 Å². The fourth-order valence-electron chi connectivity index (χ4n) is 4.23. The molecule has 3 aliphatic rings. The first-order valence-electron chi connectivity index (χ1n) is 7.83. The van der Waals surface area contributed by atoms with Crippen molar-refractivity contribution in [1.29, 1.82) is 0 Å². The highest BCUT2D eigenvalue weighted by molar-refractivity contribution is 4.98. The molecule has 0 aromatic heterocycles. The maximum Gasteiger partial charge on any atom is 0.0108 e. The van der Waals surface area contributed by atoms with E-state index in [1.807, 2.05) is 0 Å². The standard InChI is InChI=1S/C15H28N2/c1-2-4-9-15(8-3-1)12-17(13-15)14-6-5-10-16-11-7-14/h14,16H,1-13H2. The van der Waals surface area contributed by atoms with E-state index in [0.717, 1.165) is 11.5 Å². The lowest BCUT2D eigenvalue weighted by Crippen LogP contribution is -2.59. The summed E-state index contributed by atoms with van der Waals surface area (Å²) in [5.41, 5.74) is 0.760. The Bertz CT molecular complexity index is 227. The van der Waals surface area contributed by atoms with Crippen molar-refractivity contribution in [3.05, 3.63) is 0 Å². The number of nitrogens with zero attached hydrogens (tertiary/aromatic N) is 1. The second-order valence-corrected chi connectivity index (χ2v) is 6.65. The van der Waals surface area contributed by atoms with E-state index < -0.39 is 0 Å². The summed E-state index contributed by atoms with van der Waals surface area (Å²) in [6.07, 6.45) is 13.2. The van der Waals surface area contributed by atoms with E-state index in [1.165, 1.54) is 84.0 Å². The van der Waals surface area contributed by atoms with Crippen molar-refractivity contribution in [3.8, 4) is 0 Å². The van der Waals surface area contributed by atoms with E-state index in [4.69, 9.17) is 0 Å². The Morgan fingerprint density at radius 1 is 0.824 bits per heavy atom. The Labute approximate surface area is 106 Å². The molecule has 1 aliphatic carbocycles. The number of hydrogen-bond acceptors (Lipinski definition) is 2. The van der Waals surface area contributed by atoms with Crippen LogP contribution >= 0.6 is 0 Å². The van der Waals surface area contributed by atoms with E-state index in [9.17, 15) is 0 Å². The topological polar surface area (TPSA) is 15.3 Å². The zero-order valence-corrected chi connectivity index (χ0v) is 11.2. The summed E-state index contributed by atoms with van der Waals surface area (Å²) >= 11 is 0. The van der Waals surface area contributed by atoms with Crippen LogP contribution in [0.2, 0.25) is 0 Å². The van der Waals surface area contributed by atoms with E-state index >= 15 is 0 Å². The lowest BCUT2D eigenvalue weighted by Gasteiger charge is -2.53. The van der Waals surface area contributed by atoms with Gasteiger partial charge in [0.15, 0.2) is 0 Å². The van der Waals surface area contributed by atoms with E-state index in [1.54, 1.807) is 0 Å². The molecule has 98 valence electrons. The first kappa shape index (κ1) is 12.0. The molecule has 2 aliphatic heterocycles. The van der Waals surface area contributed by atoms with Crippen LogP contribution in [0.25, 0.3) is 0 Å². The third-order valence-corrected chi connectivity index (χ3v) is 5.30. The van der Waals surface area contributed by atoms with Crippen LogP contribution in [-0.4, -0.2) is 37.1 Å². The lowest BCUT2D eigenvalue weighted by molar-refractivity contribution is -0.0445. The maximum atomic E-state index is 3.53. The fourth-order valence-corrected chi connectivity index (χ4v) is 4.23. The monoisotopic (exact) mass is 236 g/mol. The molecule has 1 saturated carbocycles. The molecule has 1 atom stereocenters. The van der Waals surface area contributed by atoms with Crippen molar-refractivity contribution in [1.82, 2.24) is 10.2 Å². The van der Waals surface area contributed by atoms with Crippen LogP contribution in [0.15, 0.2) is 0 Å². The SMILES string of the molecule is C1CCCC2(CC1)CN(C1CCCNCC1)C2. The minimum atomic E-state index is 0.760.